The number of aromatic nitrogens is 1. The van der Waals surface area contributed by atoms with Crippen LogP contribution in [0.2, 0.25) is 0 Å². The first-order chi connectivity index (χ1) is 12.0. The van der Waals surface area contributed by atoms with Crippen molar-refractivity contribution >= 4 is 23.2 Å². The van der Waals surface area contributed by atoms with Crippen molar-refractivity contribution < 1.29 is 14.3 Å². The minimum Gasteiger partial charge on any atom is -0.481 e. The number of nitrogens with zero attached hydrogens (tertiary/aromatic N) is 3. The quantitative estimate of drug-likeness (QED) is 0.895. The van der Waals surface area contributed by atoms with Crippen LogP contribution in [0.25, 0.3) is 0 Å². The molecular formula is C18H20N4O3. The van der Waals surface area contributed by atoms with Gasteiger partial charge < -0.3 is 19.9 Å². The van der Waals surface area contributed by atoms with Crippen LogP contribution in [0.15, 0.2) is 42.7 Å². The van der Waals surface area contributed by atoms with E-state index in [2.05, 4.69) is 10.3 Å². The molecule has 0 saturated carbocycles. The van der Waals surface area contributed by atoms with Gasteiger partial charge in [-0.1, -0.05) is 0 Å². The van der Waals surface area contributed by atoms with Crippen LogP contribution in [0.3, 0.4) is 0 Å². The number of carbonyl (C=O) groups excluding carboxylic acids is 2. The van der Waals surface area contributed by atoms with Gasteiger partial charge in [0.25, 0.3) is 11.8 Å². The van der Waals surface area contributed by atoms with E-state index >= 15 is 0 Å². The van der Waals surface area contributed by atoms with Crippen molar-refractivity contribution in [3.63, 3.8) is 0 Å². The van der Waals surface area contributed by atoms with Crippen LogP contribution < -0.4 is 15.0 Å². The van der Waals surface area contributed by atoms with E-state index in [-0.39, 0.29) is 18.4 Å². The third kappa shape index (κ3) is 3.95. The smallest absolute Gasteiger partial charge is 0.265 e. The SMILES string of the molecule is CN(C)CCN1C(=O)COc2cc(NC(=O)c3ccncc3)ccc21. The summed E-state index contributed by atoms with van der Waals surface area (Å²) in [5.74, 6) is 0.299. The molecule has 0 unspecified atom stereocenters. The fraction of sp³-hybridized carbons (Fsp3) is 0.278. The van der Waals surface area contributed by atoms with Crippen molar-refractivity contribution in [2.75, 3.05) is 44.0 Å². The van der Waals surface area contributed by atoms with Gasteiger partial charge in [0, 0.05) is 42.8 Å². The molecule has 2 aromatic rings. The lowest BCUT2D eigenvalue weighted by molar-refractivity contribution is -0.121. The molecular weight excluding hydrogens is 320 g/mol. The van der Waals surface area contributed by atoms with Gasteiger partial charge in [-0.05, 0) is 38.4 Å². The lowest BCUT2D eigenvalue weighted by atomic mass is 10.2. The third-order valence-electron chi connectivity index (χ3n) is 3.87. The van der Waals surface area contributed by atoms with Gasteiger partial charge in [-0.15, -0.1) is 0 Å². The second kappa shape index (κ2) is 7.31. The van der Waals surface area contributed by atoms with E-state index in [1.807, 2.05) is 19.0 Å². The van der Waals surface area contributed by atoms with Gasteiger partial charge in [0.05, 0.1) is 5.69 Å². The molecule has 0 aliphatic carbocycles. The number of likely N-dealkylation sites (N-methyl/N-ethyl adjacent to an activating group) is 1. The maximum Gasteiger partial charge on any atom is 0.265 e. The number of pyridine rings is 1. The van der Waals surface area contributed by atoms with Gasteiger partial charge >= 0.3 is 0 Å². The van der Waals surface area contributed by atoms with Gasteiger partial charge in [-0.3, -0.25) is 14.6 Å². The minimum absolute atomic E-state index is 0.00217. The van der Waals surface area contributed by atoms with Crippen LogP contribution in [0.1, 0.15) is 10.4 Å². The summed E-state index contributed by atoms with van der Waals surface area (Å²) in [7, 11) is 3.92. The zero-order chi connectivity index (χ0) is 17.8. The monoisotopic (exact) mass is 340 g/mol. The molecule has 7 heteroatoms. The van der Waals surface area contributed by atoms with Crippen molar-refractivity contribution in [2.24, 2.45) is 0 Å². The van der Waals surface area contributed by atoms with E-state index in [0.717, 1.165) is 12.2 Å². The summed E-state index contributed by atoms with van der Waals surface area (Å²) in [6.45, 7) is 1.35. The highest BCUT2D eigenvalue weighted by Crippen LogP contribution is 2.34. The zero-order valence-electron chi connectivity index (χ0n) is 14.2. The first-order valence-corrected chi connectivity index (χ1v) is 7.98. The van der Waals surface area contributed by atoms with E-state index in [0.29, 0.717) is 23.5 Å². The second-order valence-electron chi connectivity index (χ2n) is 6.01. The third-order valence-corrected chi connectivity index (χ3v) is 3.87. The molecule has 25 heavy (non-hydrogen) atoms. The standard InChI is InChI=1S/C18H20N4O3/c1-21(2)9-10-22-15-4-3-14(11-16(15)25-12-17(22)23)20-18(24)13-5-7-19-8-6-13/h3-8,11H,9-10,12H2,1-2H3,(H,20,24). The first-order valence-electron chi connectivity index (χ1n) is 7.98. The number of benzene rings is 1. The predicted octanol–water partition coefficient (Wildman–Crippen LogP) is 1.62. The fourth-order valence-electron chi connectivity index (χ4n) is 2.53. The molecule has 0 saturated heterocycles. The van der Waals surface area contributed by atoms with Gasteiger partial charge in [0.2, 0.25) is 0 Å². The number of ether oxygens (including phenoxy) is 1. The maximum atomic E-state index is 12.2. The average Bonchev–Trinajstić information content (AvgIpc) is 2.61. The summed E-state index contributed by atoms with van der Waals surface area (Å²) in [5.41, 5.74) is 1.86. The molecule has 2 heterocycles. The molecule has 1 aromatic heterocycles. The lowest BCUT2D eigenvalue weighted by Crippen LogP contribution is -2.42. The second-order valence-corrected chi connectivity index (χ2v) is 6.01. The molecule has 0 atom stereocenters. The Balaban J connectivity index is 1.77. The van der Waals surface area contributed by atoms with E-state index in [9.17, 15) is 9.59 Å². The molecule has 0 spiro atoms. The molecule has 130 valence electrons. The Labute approximate surface area is 146 Å². The Morgan fingerprint density at radius 1 is 1.28 bits per heavy atom. The van der Waals surface area contributed by atoms with E-state index in [4.69, 9.17) is 4.74 Å². The largest absolute Gasteiger partial charge is 0.481 e. The summed E-state index contributed by atoms with van der Waals surface area (Å²) in [5, 5.41) is 2.83. The number of amides is 2. The summed E-state index contributed by atoms with van der Waals surface area (Å²) in [4.78, 5) is 32.0. The molecule has 0 bridgehead atoms. The number of hydrogen-bond acceptors (Lipinski definition) is 5. The van der Waals surface area contributed by atoms with Crippen molar-refractivity contribution in [2.45, 2.75) is 0 Å². The number of rotatable bonds is 5. The van der Waals surface area contributed by atoms with E-state index < -0.39 is 0 Å². The van der Waals surface area contributed by atoms with Crippen LogP contribution in [0.5, 0.6) is 5.75 Å². The number of carbonyl (C=O) groups is 2. The molecule has 2 amide bonds. The Morgan fingerprint density at radius 3 is 2.76 bits per heavy atom. The van der Waals surface area contributed by atoms with Crippen LogP contribution in [0.4, 0.5) is 11.4 Å². The highest BCUT2D eigenvalue weighted by molar-refractivity contribution is 6.05. The van der Waals surface area contributed by atoms with E-state index in [1.54, 1.807) is 47.6 Å². The van der Waals surface area contributed by atoms with Crippen LogP contribution in [0, 0.1) is 0 Å². The van der Waals surface area contributed by atoms with E-state index in [1.165, 1.54) is 0 Å². The number of fused-ring (bicyclic) bond motifs is 1. The Kier molecular flexibility index (Phi) is 4.95. The number of hydrogen-bond donors (Lipinski definition) is 1. The van der Waals surface area contributed by atoms with Crippen molar-refractivity contribution in [3.05, 3.63) is 48.3 Å². The van der Waals surface area contributed by atoms with Gasteiger partial charge in [-0.25, -0.2) is 0 Å². The van der Waals surface area contributed by atoms with Gasteiger partial charge in [0.1, 0.15) is 5.75 Å². The van der Waals surface area contributed by atoms with Crippen LogP contribution >= 0.6 is 0 Å². The number of nitrogens with one attached hydrogen (secondary N) is 1. The molecule has 0 fully saturated rings. The van der Waals surface area contributed by atoms with Gasteiger partial charge in [-0.2, -0.15) is 0 Å². The van der Waals surface area contributed by atoms with Crippen molar-refractivity contribution in [1.82, 2.24) is 9.88 Å². The van der Waals surface area contributed by atoms with Crippen LogP contribution in [-0.2, 0) is 4.79 Å². The highest BCUT2D eigenvalue weighted by Gasteiger charge is 2.25. The molecule has 1 aromatic carbocycles. The first kappa shape index (κ1) is 16.9. The van der Waals surface area contributed by atoms with Crippen molar-refractivity contribution in [1.29, 1.82) is 0 Å². The molecule has 0 radical (unpaired) electrons. The normalized spacial score (nSPS) is 13.4. The topological polar surface area (TPSA) is 74.8 Å². The fourth-order valence-corrected chi connectivity index (χ4v) is 2.53. The van der Waals surface area contributed by atoms with Crippen molar-refractivity contribution in [3.8, 4) is 5.75 Å². The summed E-state index contributed by atoms with van der Waals surface area (Å²) < 4.78 is 5.53. The maximum absolute atomic E-state index is 12.2. The molecule has 1 aliphatic heterocycles. The zero-order valence-corrected chi connectivity index (χ0v) is 14.2. The number of anilines is 2. The summed E-state index contributed by atoms with van der Waals surface area (Å²) in [6.07, 6.45) is 3.14. The van der Waals surface area contributed by atoms with Crippen LogP contribution in [-0.4, -0.2) is 55.5 Å². The molecule has 3 rings (SSSR count). The Morgan fingerprint density at radius 2 is 2.04 bits per heavy atom. The predicted molar refractivity (Wildman–Crippen MR) is 95.0 cm³/mol. The average molecular weight is 340 g/mol. The Hall–Kier alpha value is -2.93. The Bertz CT molecular complexity index is 777. The summed E-state index contributed by atoms with van der Waals surface area (Å²) >= 11 is 0. The molecule has 1 aliphatic rings. The molecule has 1 N–H and O–H groups in total. The van der Waals surface area contributed by atoms with Gasteiger partial charge in [0.15, 0.2) is 6.61 Å². The molecule has 7 nitrogen and oxygen atoms in total. The lowest BCUT2D eigenvalue weighted by Gasteiger charge is -2.30. The minimum atomic E-state index is -0.223. The highest BCUT2D eigenvalue weighted by atomic mass is 16.5. The summed E-state index contributed by atoms with van der Waals surface area (Å²) in [6, 6.07) is 8.59.